The van der Waals surface area contributed by atoms with E-state index in [2.05, 4.69) is 14.2 Å². The highest BCUT2D eigenvalue weighted by Gasteiger charge is 2.21. The Kier molecular flexibility index (Phi) is 11.1. The first-order valence-corrected chi connectivity index (χ1v) is 5.99. The summed E-state index contributed by atoms with van der Waals surface area (Å²) in [6.07, 6.45) is 5.88. The van der Waals surface area contributed by atoms with Gasteiger partial charge in [-0.3, -0.25) is 0 Å². The molecule has 0 aromatic heterocycles. The monoisotopic (exact) mass is 281 g/mol. The highest BCUT2D eigenvalue weighted by molar-refractivity contribution is 5.74. The minimum atomic E-state index is -0.959. The molecule has 0 fully saturated rings. The van der Waals surface area contributed by atoms with E-state index in [0.717, 1.165) is 6.42 Å². The van der Waals surface area contributed by atoms with Crippen molar-refractivity contribution in [1.82, 2.24) is 0 Å². The topological polar surface area (TPSA) is 125 Å². The number of hydrogen-bond acceptors (Lipinski definition) is 8. The van der Waals surface area contributed by atoms with Crippen LogP contribution >= 0.6 is 0 Å². The van der Waals surface area contributed by atoms with E-state index >= 15 is 0 Å². The Balaban J connectivity index is 3.85. The summed E-state index contributed by atoms with van der Waals surface area (Å²) in [4.78, 5) is 11.6. The van der Waals surface area contributed by atoms with Crippen molar-refractivity contribution in [2.45, 2.75) is 31.8 Å². The Labute approximate surface area is 117 Å². The Morgan fingerprint density at radius 1 is 0.900 bits per heavy atom. The zero-order valence-electron chi connectivity index (χ0n) is 10.9. The van der Waals surface area contributed by atoms with Crippen molar-refractivity contribution >= 4 is 5.97 Å². The van der Waals surface area contributed by atoms with Gasteiger partial charge in [0.2, 0.25) is 6.10 Å². The summed E-state index contributed by atoms with van der Waals surface area (Å²) < 4.78 is 18.3. The summed E-state index contributed by atoms with van der Waals surface area (Å²) in [5, 5.41) is 24.7. The number of nitrogens with zero attached hydrogens (tertiary/aromatic N) is 3. The second-order valence-corrected chi connectivity index (χ2v) is 3.59. The number of unbranched alkanes of at least 4 members (excludes halogenated alkanes) is 2. The van der Waals surface area contributed by atoms with Crippen molar-refractivity contribution in [3.05, 3.63) is 0 Å². The van der Waals surface area contributed by atoms with E-state index in [1.165, 1.54) is 12.5 Å². The van der Waals surface area contributed by atoms with Gasteiger partial charge in [0, 0.05) is 0 Å². The molecule has 8 nitrogen and oxygen atoms in total. The average molecular weight is 281 g/mol. The van der Waals surface area contributed by atoms with Gasteiger partial charge in [-0.05, 0) is 25.7 Å². The number of carbonyl (C=O) groups excluding carboxylic acids is 1. The van der Waals surface area contributed by atoms with Gasteiger partial charge in [0.25, 0.3) is 18.8 Å². The molecule has 0 heterocycles. The van der Waals surface area contributed by atoms with Crippen LogP contribution in [0.15, 0.2) is 0 Å². The summed E-state index contributed by atoms with van der Waals surface area (Å²) in [7, 11) is 0. The van der Waals surface area contributed by atoms with E-state index in [4.69, 9.17) is 20.5 Å². The van der Waals surface area contributed by atoms with E-state index < -0.39 is 12.1 Å². The summed E-state index contributed by atoms with van der Waals surface area (Å²) in [6.45, 7) is 0.219. The summed E-state index contributed by atoms with van der Waals surface area (Å²) in [5.41, 5.74) is 0. The van der Waals surface area contributed by atoms with Gasteiger partial charge < -0.3 is 18.9 Å². The SMILES string of the molecule is N#COCCCCCC(OC#N)C(=O)OCCOC#N. The van der Waals surface area contributed by atoms with E-state index in [1.807, 2.05) is 0 Å². The lowest BCUT2D eigenvalue weighted by atomic mass is 10.1. The van der Waals surface area contributed by atoms with Crippen LogP contribution in [0.2, 0.25) is 0 Å². The van der Waals surface area contributed by atoms with E-state index in [9.17, 15) is 4.79 Å². The minimum absolute atomic E-state index is 0.0347. The lowest BCUT2D eigenvalue weighted by Gasteiger charge is -2.12. The largest absolute Gasteiger partial charge is 0.459 e. The van der Waals surface area contributed by atoms with Gasteiger partial charge in [-0.1, -0.05) is 0 Å². The molecule has 0 saturated carbocycles. The molecule has 0 aromatic rings. The van der Waals surface area contributed by atoms with Crippen molar-refractivity contribution in [2.75, 3.05) is 19.8 Å². The number of hydrogen-bond donors (Lipinski definition) is 0. The lowest BCUT2D eigenvalue weighted by Crippen LogP contribution is -2.26. The lowest BCUT2D eigenvalue weighted by molar-refractivity contribution is -0.154. The first-order valence-electron chi connectivity index (χ1n) is 5.99. The Bertz CT molecular complexity index is 393. The van der Waals surface area contributed by atoms with Crippen LogP contribution in [0.4, 0.5) is 0 Å². The molecule has 0 spiro atoms. The van der Waals surface area contributed by atoms with Gasteiger partial charge in [-0.15, -0.1) is 0 Å². The fourth-order valence-corrected chi connectivity index (χ4v) is 1.34. The van der Waals surface area contributed by atoms with Gasteiger partial charge in [0.15, 0.2) is 0 Å². The third-order valence-corrected chi connectivity index (χ3v) is 2.23. The second-order valence-electron chi connectivity index (χ2n) is 3.59. The number of esters is 1. The normalized spacial score (nSPS) is 10.2. The maximum atomic E-state index is 11.6. The number of carbonyl (C=O) groups is 1. The zero-order valence-corrected chi connectivity index (χ0v) is 10.9. The molecule has 1 atom stereocenters. The summed E-state index contributed by atoms with van der Waals surface area (Å²) >= 11 is 0. The fraction of sp³-hybridized carbons (Fsp3) is 0.667. The number of nitriles is 3. The molecule has 8 heteroatoms. The molecule has 0 amide bonds. The Hall–Kier alpha value is -2.66. The Morgan fingerprint density at radius 3 is 2.25 bits per heavy atom. The molecular formula is C12H15N3O5. The molecule has 0 aliphatic rings. The molecule has 0 rings (SSSR count). The van der Waals surface area contributed by atoms with Crippen molar-refractivity contribution in [3.8, 4) is 18.8 Å². The third-order valence-electron chi connectivity index (χ3n) is 2.23. The van der Waals surface area contributed by atoms with Crippen LogP contribution in [0.3, 0.4) is 0 Å². The van der Waals surface area contributed by atoms with E-state index in [-0.39, 0.29) is 13.2 Å². The Morgan fingerprint density at radius 2 is 1.60 bits per heavy atom. The van der Waals surface area contributed by atoms with Crippen molar-refractivity contribution < 1.29 is 23.7 Å². The fourth-order valence-electron chi connectivity index (χ4n) is 1.34. The van der Waals surface area contributed by atoms with Crippen LogP contribution in [-0.2, 0) is 23.7 Å². The quantitative estimate of drug-likeness (QED) is 0.311. The highest BCUT2D eigenvalue weighted by Crippen LogP contribution is 2.08. The molecule has 0 radical (unpaired) electrons. The van der Waals surface area contributed by atoms with Gasteiger partial charge in [-0.2, -0.15) is 15.8 Å². The van der Waals surface area contributed by atoms with Crippen molar-refractivity contribution in [2.24, 2.45) is 0 Å². The minimum Gasteiger partial charge on any atom is -0.459 e. The van der Waals surface area contributed by atoms with Gasteiger partial charge in [0.05, 0.1) is 0 Å². The molecule has 108 valence electrons. The summed E-state index contributed by atoms with van der Waals surface area (Å²) in [6, 6.07) is 0. The first kappa shape index (κ1) is 17.3. The maximum absolute atomic E-state index is 11.6. The second kappa shape index (κ2) is 12.8. The molecule has 20 heavy (non-hydrogen) atoms. The first-order chi connectivity index (χ1) is 9.76. The van der Waals surface area contributed by atoms with Crippen LogP contribution in [-0.4, -0.2) is 31.9 Å². The highest BCUT2D eigenvalue weighted by atomic mass is 16.6. The predicted molar refractivity (Wildman–Crippen MR) is 63.0 cm³/mol. The molecule has 0 N–H and O–H groups in total. The summed E-state index contributed by atoms with van der Waals surface area (Å²) in [5.74, 6) is -0.665. The van der Waals surface area contributed by atoms with Crippen LogP contribution in [0.1, 0.15) is 25.7 Å². The third kappa shape index (κ3) is 9.38. The standard InChI is InChI=1S/C12H15N3O5/c13-8-17-5-3-1-2-4-11(20-10-15)12(16)19-7-6-18-9-14/h11H,1-7H2. The van der Waals surface area contributed by atoms with Gasteiger partial charge in [-0.25, -0.2) is 4.79 Å². The molecule has 0 aromatic carbocycles. The maximum Gasteiger partial charge on any atom is 0.348 e. The molecule has 0 saturated heterocycles. The molecule has 1 unspecified atom stereocenters. The smallest absolute Gasteiger partial charge is 0.348 e. The van der Waals surface area contributed by atoms with Crippen molar-refractivity contribution in [1.29, 1.82) is 15.8 Å². The van der Waals surface area contributed by atoms with Crippen LogP contribution < -0.4 is 0 Å². The van der Waals surface area contributed by atoms with Gasteiger partial charge >= 0.3 is 5.97 Å². The molecular weight excluding hydrogens is 266 g/mol. The van der Waals surface area contributed by atoms with Crippen molar-refractivity contribution in [3.63, 3.8) is 0 Å². The van der Waals surface area contributed by atoms with Crippen LogP contribution in [0.25, 0.3) is 0 Å². The molecule has 0 aliphatic carbocycles. The van der Waals surface area contributed by atoms with E-state index in [1.54, 1.807) is 6.26 Å². The average Bonchev–Trinajstić information content (AvgIpc) is 2.46. The predicted octanol–water partition coefficient (Wildman–Crippen LogP) is 0.952. The number of ether oxygens (including phenoxy) is 4. The van der Waals surface area contributed by atoms with Crippen LogP contribution in [0, 0.1) is 34.6 Å². The van der Waals surface area contributed by atoms with Gasteiger partial charge in [0.1, 0.15) is 19.8 Å². The number of rotatable bonds is 11. The zero-order chi connectivity index (χ0) is 15.1. The molecule has 0 bridgehead atoms. The van der Waals surface area contributed by atoms with E-state index in [0.29, 0.717) is 25.9 Å². The van der Waals surface area contributed by atoms with Crippen LogP contribution in [0.5, 0.6) is 0 Å². The molecule has 0 aliphatic heterocycles.